The van der Waals surface area contributed by atoms with Gasteiger partial charge in [0.1, 0.15) is 0 Å². The highest BCUT2D eigenvalue weighted by molar-refractivity contribution is 5.99. The Hall–Kier alpha value is -3.43. The maximum Gasteiger partial charge on any atom is 0.343 e. The molecule has 10 heteroatoms. The number of hydrogen-bond donors (Lipinski definition) is 1. The fraction of sp³-hybridized carbons (Fsp3) is 0.429. The van der Waals surface area contributed by atoms with Gasteiger partial charge < -0.3 is 23.8 Å². The topological polar surface area (TPSA) is 115 Å². The van der Waals surface area contributed by atoms with Crippen LogP contribution in [0.15, 0.2) is 27.2 Å². The van der Waals surface area contributed by atoms with E-state index in [0.29, 0.717) is 43.2 Å². The first kappa shape index (κ1) is 20.8. The smallest absolute Gasteiger partial charge is 0.343 e. The summed E-state index contributed by atoms with van der Waals surface area (Å²) in [6, 6.07) is 4.02. The van der Waals surface area contributed by atoms with Gasteiger partial charge in [-0.05, 0) is 31.0 Å². The molecule has 0 aliphatic carbocycles. The highest BCUT2D eigenvalue weighted by Gasteiger charge is 2.32. The highest BCUT2D eigenvalue weighted by atomic mass is 19.1. The summed E-state index contributed by atoms with van der Waals surface area (Å²) in [5, 5.41) is 17.9. The lowest BCUT2D eigenvalue weighted by Gasteiger charge is -2.30. The summed E-state index contributed by atoms with van der Waals surface area (Å²) in [5.74, 6) is 0.169. The van der Waals surface area contributed by atoms with Gasteiger partial charge in [-0.25, -0.2) is 9.18 Å². The Morgan fingerprint density at radius 1 is 1.26 bits per heavy atom. The molecule has 0 amide bonds. The number of aromatic nitrogens is 3. The Labute approximate surface area is 177 Å². The summed E-state index contributed by atoms with van der Waals surface area (Å²) in [6.45, 7) is 5.12. The first-order chi connectivity index (χ1) is 14.9. The maximum absolute atomic E-state index is 13.8. The van der Waals surface area contributed by atoms with Crippen LogP contribution in [-0.2, 0) is 0 Å². The number of carboxylic acid groups (broad SMARTS) is 1. The van der Waals surface area contributed by atoms with E-state index < -0.39 is 11.8 Å². The van der Waals surface area contributed by atoms with Gasteiger partial charge in [0, 0.05) is 30.5 Å². The van der Waals surface area contributed by atoms with Crippen molar-refractivity contribution >= 4 is 11.8 Å². The van der Waals surface area contributed by atoms with Gasteiger partial charge in [0.15, 0.2) is 34.5 Å². The van der Waals surface area contributed by atoms with Crippen molar-refractivity contribution in [1.82, 2.24) is 15.3 Å². The predicted octanol–water partition coefficient (Wildman–Crippen LogP) is 4.08. The second kappa shape index (κ2) is 8.37. The molecule has 0 atom stereocenters. The van der Waals surface area contributed by atoms with E-state index in [-0.39, 0.29) is 34.7 Å². The van der Waals surface area contributed by atoms with Crippen LogP contribution in [0.2, 0.25) is 0 Å². The molecule has 3 heterocycles. The Kier molecular flexibility index (Phi) is 5.62. The van der Waals surface area contributed by atoms with Gasteiger partial charge in [-0.3, -0.25) is 0 Å². The third-order valence-corrected chi connectivity index (χ3v) is 5.42. The molecule has 0 unspecified atom stereocenters. The average molecular weight is 430 g/mol. The SMILES string of the molecule is COc1cc(-c2onc(N3CCC(c4nc(C(C)C)no4)CC3)c2C(=O)O)ccc1F. The first-order valence-corrected chi connectivity index (χ1v) is 10.0. The Balaban J connectivity index is 1.56. The molecule has 31 heavy (non-hydrogen) atoms. The van der Waals surface area contributed by atoms with E-state index >= 15 is 0 Å². The number of benzene rings is 1. The van der Waals surface area contributed by atoms with Gasteiger partial charge in [0.05, 0.1) is 7.11 Å². The molecular weight excluding hydrogens is 407 g/mol. The number of aromatic carboxylic acids is 1. The molecule has 1 N–H and O–H groups in total. The third kappa shape index (κ3) is 3.97. The lowest BCUT2D eigenvalue weighted by Crippen LogP contribution is -2.34. The number of rotatable bonds is 6. The zero-order valence-electron chi connectivity index (χ0n) is 17.5. The van der Waals surface area contributed by atoms with Crippen molar-refractivity contribution in [2.45, 2.75) is 38.5 Å². The lowest BCUT2D eigenvalue weighted by molar-refractivity contribution is 0.0697. The normalized spacial score (nSPS) is 14.9. The van der Waals surface area contributed by atoms with E-state index in [9.17, 15) is 14.3 Å². The van der Waals surface area contributed by atoms with E-state index in [1.54, 1.807) is 0 Å². The summed E-state index contributed by atoms with van der Waals surface area (Å²) in [4.78, 5) is 18.4. The average Bonchev–Trinajstić information content (AvgIpc) is 3.42. The van der Waals surface area contributed by atoms with Crippen LogP contribution in [-0.4, -0.2) is 46.6 Å². The van der Waals surface area contributed by atoms with Crippen molar-refractivity contribution in [2.75, 3.05) is 25.1 Å². The molecule has 0 radical (unpaired) electrons. The summed E-state index contributed by atoms with van der Waals surface area (Å²) >= 11 is 0. The highest BCUT2D eigenvalue weighted by Crippen LogP contribution is 2.36. The minimum Gasteiger partial charge on any atom is -0.494 e. The molecule has 9 nitrogen and oxygen atoms in total. The van der Waals surface area contributed by atoms with Crippen LogP contribution in [0.1, 0.15) is 60.6 Å². The molecule has 4 rings (SSSR count). The van der Waals surface area contributed by atoms with Crippen LogP contribution in [0.4, 0.5) is 10.2 Å². The number of carboxylic acids is 1. The molecule has 2 aromatic heterocycles. The van der Waals surface area contributed by atoms with Crippen molar-refractivity contribution < 1.29 is 28.1 Å². The minimum absolute atomic E-state index is 0.00655. The number of carbonyl (C=O) groups is 1. The fourth-order valence-corrected chi connectivity index (χ4v) is 3.67. The van der Waals surface area contributed by atoms with Gasteiger partial charge in [-0.2, -0.15) is 4.98 Å². The van der Waals surface area contributed by atoms with Crippen molar-refractivity contribution in [1.29, 1.82) is 0 Å². The maximum atomic E-state index is 13.8. The second-order valence-electron chi connectivity index (χ2n) is 7.77. The number of nitrogens with zero attached hydrogens (tertiary/aromatic N) is 4. The standard InChI is InChI=1S/C21H23FN4O5/c1-11(2)18-23-20(31-24-18)12-6-8-26(9-7-12)19-16(21(27)28)17(30-25-19)13-4-5-14(22)15(10-13)29-3/h4-5,10-12H,6-9H2,1-3H3,(H,27,28). The van der Waals surface area contributed by atoms with Crippen molar-refractivity contribution in [3.63, 3.8) is 0 Å². The van der Waals surface area contributed by atoms with E-state index in [2.05, 4.69) is 15.3 Å². The molecular formula is C21H23FN4O5. The van der Waals surface area contributed by atoms with E-state index in [4.69, 9.17) is 13.8 Å². The lowest BCUT2D eigenvalue weighted by atomic mass is 9.96. The van der Waals surface area contributed by atoms with Crippen LogP contribution >= 0.6 is 0 Å². The van der Waals surface area contributed by atoms with Gasteiger partial charge in [0.25, 0.3) is 0 Å². The molecule has 1 fully saturated rings. The molecule has 3 aromatic rings. The van der Waals surface area contributed by atoms with E-state index in [1.807, 2.05) is 18.7 Å². The molecule has 0 spiro atoms. The van der Waals surface area contributed by atoms with Gasteiger partial charge >= 0.3 is 5.97 Å². The Morgan fingerprint density at radius 2 is 2.00 bits per heavy atom. The number of ether oxygens (including phenoxy) is 1. The Morgan fingerprint density at radius 3 is 2.61 bits per heavy atom. The van der Waals surface area contributed by atoms with Crippen molar-refractivity contribution in [3.05, 3.63) is 41.3 Å². The summed E-state index contributed by atoms with van der Waals surface area (Å²) in [5.41, 5.74) is 0.309. The monoisotopic (exact) mass is 430 g/mol. The number of anilines is 1. The predicted molar refractivity (Wildman–Crippen MR) is 108 cm³/mol. The van der Waals surface area contributed by atoms with E-state index in [0.717, 1.165) is 0 Å². The summed E-state index contributed by atoms with van der Waals surface area (Å²) < 4.78 is 29.5. The zero-order chi connectivity index (χ0) is 22.1. The minimum atomic E-state index is -1.17. The molecule has 164 valence electrons. The fourth-order valence-electron chi connectivity index (χ4n) is 3.67. The third-order valence-electron chi connectivity index (χ3n) is 5.42. The number of piperidine rings is 1. The molecule has 0 bridgehead atoms. The summed E-state index contributed by atoms with van der Waals surface area (Å²) in [7, 11) is 1.34. The molecule has 1 saturated heterocycles. The number of hydrogen-bond acceptors (Lipinski definition) is 8. The van der Waals surface area contributed by atoms with Crippen molar-refractivity contribution in [3.8, 4) is 17.1 Å². The van der Waals surface area contributed by atoms with Gasteiger partial charge in [0.2, 0.25) is 5.89 Å². The molecule has 1 aliphatic rings. The first-order valence-electron chi connectivity index (χ1n) is 10.0. The van der Waals surface area contributed by atoms with Crippen molar-refractivity contribution in [2.24, 2.45) is 0 Å². The second-order valence-corrected chi connectivity index (χ2v) is 7.77. The van der Waals surface area contributed by atoms with E-state index in [1.165, 1.54) is 25.3 Å². The van der Waals surface area contributed by atoms with Crippen LogP contribution < -0.4 is 9.64 Å². The molecule has 0 saturated carbocycles. The zero-order valence-corrected chi connectivity index (χ0v) is 17.5. The van der Waals surface area contributed by atoms with Crippen LogP contribution in [0.5, 0.6) is 5.75 Å². The summed E-state index contributed by atoms with van der Waals surface area (Å²) in [6.07, 6.45) is 1.43. The largest absolute Gasteiger partial charge is 0.494 e. The quantitative estimate of drug-likeness (QED) is 0.618. The number of halogens is 1. The van der Waals surface area contributed by atoms with Crippen LogP contribution in [0.3, 0.4) is 0 Å². The Bertz CT molecular complexity index is 1090. The molecule has 1 aliphatic heterocycles. The number of methoxy groups -OCH3 is 1. The van der Waals surface area contributed by atoms with Gasteiger partial charge in [-0.1, -0.05) is 24.2 Å². The van der Waals surface area contributed by atoms with Gasteiger partial charge in [-0.15, -0.1) is 0 Å². The van der Waals surface area contributed by atoms with Crippen LogP contribution in [0.25, 0.3) is 11.3 Å². The molecule has 1 aromatic carbocycles. The van der Waals surface area contributed by atoms with Crippen LogP contribution in [0, 0.1) is 5.82 Å².